The fraction of sp³-hybridized carbons (Fsp3) is 0.581. The van der Waals surface area contributed by atoms with E-state index in [0.717, 1.165) is 31.2 Å². The predicted octanol–water partition coefficient (Wildman–Crippen LogP) is 4.73. The molecule has 1 aromatic rings. The quantitative estimate of drug-likeness (QED) is 0.123. The Hall–Kier alpha value is -2.10. The molecular formula is C31H41BrN2O5S. The van der Waals surface area contributed by atoms with E-state index in [4.69, 9.17) is 4.74 Å². The van der Waals surface area contributed by atoms with E-state index in [1.807, 2.05) is 36.4 Å². The van der Waals surface area contributed by atoms with Crippen LogP contribution in [0.25, 0.3) is 0 Å². The average molecular weight is 634 g/mol. The van der Waals surface area contributed by atoms with Gasteiger partial charge in [-0.05, 0) is 50.5 Å². The first-order valence-electron chi connectivity index (χ1n) is 14.3. The number of thioether (sulfide) groups is 1. The number of carbonyl (C=O) groups is 3. The summed E-state index contributed by atoms with van der Waals surface area (Å²) in [6.45, 7) is 9.23. The summed E-state index contributed by atoms with van der Waals surface area (Å²) in [6, 6.07) is 9.14. The molecule has 3 saturated heterocycles. The van der Waals surface area contributed by atoms with Gasteiger partial charge in [-0.3, -0.25) is 14.4 Å². The average Bonchev–Trinajstić information content (AvgIpc) is 3.54. The van der Waals surface area contributed by atoms with Crippen molar-refractivity contribution in [2.45, 2.75) is 72.4 Å². The van der Waals surface area contributed by atoms with Gasteiger partial charge in [0.1, 0.15) is 6.04 Å². The number of alkyl halides is 1. The van der Waals surface area contributed by atoms with E-state index in [0.29, 0.717) is 45.5 Å². The molecule has 3 heterocycles. The van der Waals surface area contributed by atoms with Crippen molar-refractivity contribution < 1.29 is 24.2 Å². The third-order valence-electron chi connectivity index (χ3n) is 8.28. The van der Waals surface area contributed by atoms with E-state index in [9.17, 15) is 19.5 Å². The fourth-order valence-corrected chi connectivity index (χ4v) is 10.1. The number of esters is 1. The van der Waals surface area contributed by atoms with Crippen LogP contribution in [-0.2, 0) is 25.7 Å². The van der Waals surface area contributed by atoms with Gasteiger partial charge in [-0.2, -0.15) is 0 Å². The van der Waals surface area contributed by atoms with Crippen LogP contribution in [0.4, 0.5) is 0 Å². The molecule has 218 valence electrons. The number of allylic oxidation sites excluding steroid dienone is 1. The summed E-state index contributed by atoms with van der Waals surface area (Å²) in [6.07, 6.45) is 8.80. The molecule has 2 bridgehead atoms. The molecule has 1 spiro atoms. The van der Waals surface area contributed by atoms with Gasteiger partial charge < -0.3 is 19.6 Å². The Balaban J connectivity index is 1.63. The number of rotatable bonds is 16. The zero-order valence-electron chi connectivity index (χ0n) is 23.1. The second-order valence-corrected chi connectivity index (χ2v) is 13.6. The SMILES string of the molecule is C=CCCCCOC(=O)[C@H]1[C@@H]2SC3(CC2Br)C(C(=O)N(CC=C)Cc2ccccc2)N(CCCCCO)C(=O)[C@H]13. The van der Waals surface area contributed by atoms with Crippen molar-refractivity contribution in [2.75, 3.05) is 26.3 Å². The van der Waals surface area contributed by atoms with Crippen molar-refractivity contribution in [3.8, 4) is 0 Å². The molecule has 2 amide bonds. The van der Waals surface area contributed by atoms with E-state index >= 15 is 0 Å². The highest BCUT2D eigenvalue weighted by Gasteiger charge is 2.76. The van der Waals surface area contributed by atoms with Gasteiger partial charge in [0, 0.05) is 36.3 Å². The number of carbonyl (C=O) groups excluding carboxylic acids is 3. The first-order chi connectivity index (χ1) is 19.4. The maximum atomic E-state index is 14.5. The summed E-state index contributed by atoms with van der Waals surface area (Å²) in [5, 5.41) is 9.14. The first kappa shape index (κ1) is 30.8. The van der Waals surface area contributed by atoms with E-state index in [1.54, 1.807) is 27.6 Å². The minimum absolute atomic E-state index is 0.00600. The number of ether oxygens (including phenoxy) is 1. The number of hydrogen-bond acceptors (Lipinski definition) is 6. The molecule has 4 rings (SSSR count). The topological polar surface area (TPSA) is 87.2 Å². The summed E-state index contributed by atoms with van der Waals surface area (Å²) in [4.78, 5) is 45.6. The molecule has 7 nitrogen and oxygen atoms in total. The van der Waals surface area contributed by atoms with Crippen LogP contribution in [0, 0.1) is 11.8 Å². The Morgan fingerprint density at radius 1 is 1.15 bits per heavy atom. The third kappa shape index (κ3) is 6.21. The molecule has 1 aromatic carbocycles. The second-order valence-electron chi connectivity index (χ2n) is 10.9. The number of aliphatic hydroxyl groups is 1. The van der Waals surface area contributed by atoms with Gasteiger partial charge in [0.05, 0.1) is 23.2 Å². The molecule has 1 N–H and O–H groups in total. The third-order valence-corrected chi connectivity index (χ3v) is 11.5. The number of hydrogen-bond donors (Lipinski definition) is 1. The van der Waals surface area contributed by atoms with Gasteiger partial charge >= 0.3 is 5.97 Å². The Labute approximate surface area is 250 Å². The number of aliphatic hydroxyl groups excluding tert-OH is 1. The van der Waals surface area contributed by atoms with E-state index < -0.39 is 22.6 Å². The molecule has 3 aliphatic rings. The largest absolute Gasteiger partial charge is 0.465 e. The summed E-state index contributed by atoms with van der Waals surface area (Å²) >= 11 is 5.44. The molecular weight excluding hydrogens is 592 g/mol. The highest BCUT2D eigenvalue weighted by Crippen LogP contribution is 2.68. The Morgan fingerprint density at radius 3 is 2.62 bits per heavy atom. The van der Waals surface area contributed by atoms with Crippen LogP contribution in [0.5, 0.6) is 0 Å². The lowest BCUT2D eigenvalue weighted by Crippen LogP contribution is -2.55. The van der Waals surface area contributed by atoms with Gasteiger partial charge in [-0.15, -0.1) is 24.9 Å². The zero-order valence-corrected chi connectivity index (χ0v) is 25.5. The van der Waals surface area contributed by atoms with Crippen LogP contribution >= 0.6 is 27.7 Å². The minimum Gasteiger partial charge on any atom is -0.465 e. The molecule has 0 aromatic heterocycles. The second kappa shape index (κ2) is 14.2. The number of amides is 2. The molecule has 6 atom stereocenters. The van der Waals surface area contributed by atoms with E-state index in [1.165, 1.54) is 0 Å². The van der Waals surface area contributed by atoms with Crippen molar-refractivity contribution >= 4 is 45.5 Å². The number of likely N-dealkylation sites (tertiary alicyclic amines) is 1. The normalized spacial score (nSPS) is 28.4. The Kier molecular flexibility index (Phi) is 10.9. The van der Waals surface area contributed by atoms with Crippen LogP contribution in [0.2, 0.25) is 0 Å². The molecule has 0 aliphatic carbocycles. The van der Waals surface area contributed by atoms with Crippen molar-refractivity contribution in [1.82, 2.24) is 9.80 Å². The van der Waals surface area contributed by atoms with Gasteiger partial charge in [0.25, 0.3) is 0 Å². The van der Waals surface area contributed by atoms with Crippen molar-refractivity contribution in [1.29, 1.82) is 0 Å². The maximum Gasteiger partial charge on any atom is 0.310 e. The summed E-state index contributed by atoms with van der Waals surface area (Å²) in [5.41, 5.74) is 1.00. The standard InChI is InChI=1S/C31H41BrN2O5S/c1-3-5-6-13-19-39-30(38)24-25-28(36)34(17-11-8-12-18-35)27(31(25)20-23(32)26(24)40-31)29(37)33(16-4-2)21-22-14-9-7-10-15-22/h3-4,7,9-10,14-15,23-27,35H,1-2,5-6,8,11-13,16-21H2/t23?,24-,25+,26-,27?,31?/m1/s1. The number of fused-ring (bicyclic) bond motifs is 1. The van der Waals surface area contributed by atoms with Crippen molar-refractivity contribution in [2.24, 2.45) is 11.8 Å². The summed E-state index contributed by atoms with van der Waals surface area (Å²) in [7, 11) is 0. The molecule has 3 unspecified atom stereocenters. The van der Waals surface area contributed by atoms with Crippen molar-refractivity contribution in [3.05, 3.63) is 61.2 Å². The highest BCUT2D eigenvalue weighted by atomic mass is 79.9. The summed E-state index contributed by atoms with van der Waals surface area (Å²) < 4.78 is 5.02. The lowest BCUT2D eigenvalue weighted by atomic mass is 9.71. The van der Waals surface area contributed by atoms with Gasteiger partial charge in [-0.25, -0.2) is 0 Å². The number of nitrogens with zero attached hydrogens (tertiary/aromatic N) is 2. The van der Waals surface area contributed by atoms with Gasteiger partial charge in [-0.1, -0.05) is 58.4 Å². The maximum absolute atomic E-state index is 14.5. The van der Waals surface area contributed by atoms with Gasteiger partial charge in [0.2, 0.25) is 11.8 Å². The lowest BCUT2D eigenvalue weighted by Gasteiger charge is -2.38. The smallest absolute Gasteiger partial charge is 0.310 e. The van der Waals surface area contributed by atoms with Crippen LogP contribution in [0.1, 0.15) is 50.5 Å². The lowest BCUT2D eigenvalue weighted by molar-refractivity contribution is -0.154. The monoisotopic (exact) mass is 632 g/mol. The Morgan fingerprint density at radius 2 is 1.93 bits per heavy atom. The fourth-order valence-electron chi connectivity index (χ4n) is 6.51. The number of benzene rings is 1. The van der Waals surface area contributed by atoms with Crippen LogP contribution in [-0.4, -0.2) is 79.9 Å². The zero-order chi connectivity index (χ0) is 28.7. The Bertz CT molecular complexity index is 1070. The molecule has 3 aliphatic heterocycles. The summed E-state index contributed by atoms with van der Waals surface area (Å²) in [5.74, 6) is -1.74. The molecule has 40 heavy (non-hydrogen) atoms. The highest BCUT2D eigenvalue weighted by molar-refractivity contribution is 9.09. The molecule has 9 heteroatoms. The van der Waals surface area contributed by atoms with E-state index in [-0.39, 0.29) is 34.5 Å². The van der Waals surface area contributed by atoms with Crippen LogP contribution in [0.3, 0.4) is 0 Å². The first-order valence-corrected chi connectivity index (χ1v) is 16.1. The number of halogens is 1. The minimum atomic E-state index is -0.702. The predicted molar refractivity (Wildman–Crippen MR) is 162 cm³/mol. The van der Waals surface area contributed by atoms with Crippen LogP contribution in [0.15, 0.2) is 55.6 Å². The van der Waals surface area contributed by atoms with Crippen LogP contribution < -0.4 is 0 Å². The van der Waals surface area contributed by atoms with Gasteiger partial charge in [0.15, 0.2) is 0 Å². The van der Waals surface area contributed by atoms with Crippen molar-refractivity contribution in [3.63, 3.8) is 0 Å². The molecule has 0 saturated carbocycles. The molecule has 0 radical (unpaired) electrons. The number of unbranched alkanes of at least 4 members (excludes halogenated alkanes) is 4. The molecule has 3 fully saturated rings. The van der Waals surface area contributed by atoms with E-state index in [2.05, 4.69) is 29.1 Å².